The van der Waals surface area contributed by atoms with Crippen molar-refractivity contribution in [2.45, 2.75) is 20.3 Å². The number of hydrogen-bond donors (Lipinski definition) is 1. The van der Waals surface area contributed by atoms with Crippen molar-refractivity contribution in [2.75, 3.05) is 4.90 Å². The van der Waals surface area contributed by atoms with E-state index in [2.05, 4.69) is 157 Å². The summed E-state index contributed by atoms with van der Waals surface area (Å²) >= 11 is 0. The summed E-state index contributed by atoms with van der Waals surface area (Å²) < 4.78 is 7.30. The van der Waals surface area contributed by atoms with Gasteiger partial charge in [-0.15, -0.1) is 0 Å². The standard InChI is InChI=1S/C46H38N4/c1-32-17-24-41(25-18-32)50-44-16-10-9-15-42(44)43-31-38(23-30-45(43)50)37-21-28-40(29-22-37)49(46(47)48-33(2)34-11-5-3-6-12-34)39-26-19-36(20-27-39)35-13-7-4-8-14-35/h3-17,19-32,47H,18H2,1-2H3/p+1. The minimum Gasteiger partial charge on any atom is -0.310 e. The molecule has 0 saturated carbocycles. The van der Waals surface area contributed by atoms with E-state index in [1.165, 1.54) is 38.6 Å². The maximum absolute atomic E-state index is 6.85. The minimum absolute atomic E-state index is 0.404. The smallest absolute Gasteiger partial charge is 0.310 e. The van der Waals surface area contributed by atoms with Gasteiger partial charge < -0.3 is 4.57 Å². The van der Waals surface area contributed by atoms with Gasteiger partial charge in [0.25, 0.3) is 0 Å². The number of para-hydroxylation sites is 1. The van der Waals surface area contributed by atoms with Crippen LogP contribution in [0.4, 0.5) is 11.4 Å². The third-order valence-electron chi connectivity index (χ3n) is 9.62. The minimum atomic E-state index is 0.404. The Morgan fingerprint density at radius 2 is 1.20 bits per heavy atom. The quantitative estimate of drug-likeness (QED) is 0.111. The normalized spacial score (nSPS) is 14.0. The molecule has 1 aromatic heterocycles. The number of aromatic nitrogens is 1. The molecular weight excluding hydrogens is 609 g/mol. The van der Waals surface area contributed by atoms with E-state index in [1.807, 2.05) is 36.1 Å². The Morgan fingerprint density at radius 1 is 0.640 bits per heavy atom. The molecule has 2 N–H and O–H groups in total. The van der Waals surface area contributed by atoms with Crippen molar-refractivity contribution in [3.63, 3.8) is 0 Å². The monoisotopic (exact) mass is 647 g/mol. The Labute approximate surface area is 293 Å². The van der Waals surface area contributed by atoms with Gasteiger partial charge in [-0.25, -0.2) is 4.67 Å². The lowest BCUT2D eigenvalue weighted by molar-refractivity contribution is 0.735. The Balaban J connectivity index is 1.19. The summed E-state index contributed by atoms with van der Waals surface area (Å²) in [6, 6.07) is 53.2. The second kappa shape index (κ2) is 13.3. The number of nitrogens with two attached hydrogens (primary N) is 1. The second-order valence-corrected chi connectivity index (χ2v) is 13.0. The van der Waals surface area contributed by atoms with Gasteiger partial charge in [-0.1, -0.05) is 128 Å². The highest BCUT2D eigenvalue weighted by atomic mass is 15.2. The zero-order valence-corrected chi connectivity index (χ0v) is 28.4. The molecule has 0 spiro atoms. The van der Waals surface area contributed by atoms with E-state index in [0.717, 1.165) is 40.2 Å². The van der Waals surface area contributed by atoms with Gasteiger partial charge in [0.05, 0.1) is 11.0 Å². The fraction of sp³-hybridized carbons (Fsp3) is 0.0870. The average molecular weight is 648 g/mol. The topological polar surface area (TPSA) is 48.3 Å². The van der Waals surface area contributed by atoms with Crippen molar-refractivity contribution in [1.82, 2.24) is 9.24 Å². The molecule has 0 amide bonds. The summed E-state index contributed by atoms with van der Waals surface area (Å²) in [4.78, 5) is 2.02. The summed E-state index contributed by atoms with van der Waals surface area (Å²) in [7, 11) is 0. The third-order valence-corrected chi connectivity index (χ3v) is 9.62. The highest BCUT2D eigenvalue weighted by Gasteiger charge is 2.23. The first kappa shape index (κ1) is 31.0. The summed E-state index contributed by atoms with van der Waals surface area (Å²) in [5.41, 5.74) is 18.9. The SMILES string of the molecule is CC(=[N+]=C(N)N(c1ccc(-c2ccccc2)cc1)c1ccc(-c2ccc3c(c2)c2ccccc2n3C2=CCC(C)C=C2)cc1)c1ccccc1. The number of anilines is 2. The molecule has 0 radical (unpaired) electrons. The van der Waals surface area contributed by atoms with E-state index in [1.54, 1.807) is 0 Å². The Kier molecular flexibility index (Phi) is 8.22. The number of guanidine groups is 1. The lowest BCUT2D eigenvalue weighted by Crippen LogP contribution is -2.36. The molecule has 8 rings (SSSR count). The number of rotatable bonds is 6. The third kappa shape index (κ3) is 5.94. The lowest BCUT2D eigenvalue weighted by atomic mass is 10.0. The van der Waals surface area contributed by atoms with Crippen LogP contribution < -0.4 is 15.3 Å². The van der Waals surface area contributed by atoms with Crippen molar-refractivity contribution in [3.8, 4) is 22.3 Å². The van der Waals surface area contributed by atoms with Crippen LogP contribution in [0.2, 0.25) is 0 Å². The molecule has 4 nitrogen and oxygen atoms in total. The molecule has 7 aromatic rings. The number of benzene rings is 6. The van der Waals surface area contributed by atoms with E-state index in [-0.39, 0.29) is 0 Å². The van der Waals surface area contributed by atoms with Gasteiger partial charge in [-0.2, -0.15) is 4.90 Å². The highest BCUT2D eigenvalue weighted by molar-refractivity contribution is 6.12. The first-order chi connectivity index (χ1) is 24.5. The molecule has 0 saturated heterocycles. The van der Waals surface area contributed by atoms with Crippen molar-refractivity contribution in [1.29, 1.82) is 0 Å². The molecule has 1 aliphatic rings. The van der Waals surface area contributed by atoms with Crippen LogP contribution in [-0.4, -0.2) is 16.2 Å². The van der Waals surface area contributed by atoms with E-state index < -0.39 is 0 Å². The number of hydrogen-bond acceptors (Lipinski definition) is 0. The van der Waals surface area contributed by atoms with Gasteiger partial charge in [0, 0.05) is 29.0 Å². The first-order valence-corrected chi connectivity index (χ1v) is 17.2. The molecule has 50 heavy (non-hydrogen) atoms. The molecule has 4 heteroatoms. The van der Waals surface area contributed by atoms with E-state index in [9.17, 15) is 0 Å². The molecule has 242 valence electrons. The van der Waals surface area contributed by atoms with Crippen molar-refractivity contribution < 1.29 is 0 Å². The Morgan fingerprint density at radius 3 is 1.86 bits per heavy atom. The molecule has 1 heterocycles. The van der Waals surface area contributed by atoms with E-state index >= 15 is 0 Å². The zero-order chi connectivity index (χ0) is 34.0. The summed E-state index contributed by atoms with van der Waals surface area (Å²) in [6.45, 7) is 4.26. The predicted octanol–water partition coefficient (Wildman–Crippen LogP) is 10.6. The van der Waals surface area contributed by atoms with Crippen LogP contribution in [0.25, 0.3) is 49.8 Å². The Hall–Kier alpha value is -6.35. The average Bonchev–Trinajstić information content (AvgIpc) is 3.50. The Bertz CT molecular complexity index is 2440. The van der Waals surface area contributed by atoms with Crippen molar-refractivity contribution in [2.24, 2.45) is 11.7 Å². The van der Waals surface area contributed by atoms with E-state index in [0.29, 0.717) is 11.9 Å². The molecule has 0 bridgehead atoms. The van der Waals surface area contributed by atoms with Gasteiger partial charge in [0.15, 0.2) is 5.71 Å². The summed E-state index contributed by atoms with van der Waals surface area (Å²) in [5.74, 6) is 0.972. The fourth-order valence-corrected chi connectivity index (χ4v) is 6.93. The molecule has 1 atom stereocenters. The van der Waals surface area contributed by atoms with Crippen LogP contribution in [-0.2, 0) is 0 Å². The summed E-state index contributed by atoms with van der Waals surface area (Å²) in [5, 5.41) is 2.51. The van der Waals surface area contributed by atoms with Crippen LogP contribution >= 0.6 is 0 Å². The van der Waals surface area contributed by atoms with Crippen LogP contribution in [0, 0.1) is 5.92 Å². The number of nitrogens with zero attached hydrogens (tertiary/aromatic N) is 3. The maximum Gasteiger partial charge on any atom is 0.448 e. The van der Waals surface area contributed by atoms with E-state index in [4.69, 9.17) is 10.4 Å². The van der Waals surface area contributed by atoms with Crippen LogP contribution in [0.3, 0.4) is 0 Å². The van der Waals surface area contributed by atoms with Gasteiger partial charge in [-0.3, -0.25) is 5.73 Å². The lowest BCUT2D eigenvalue weighted by Gasteiger charge is -2.17. The van der Waals surface area contributed by atoms with Crippen molar-refractivity contribution >= 4 is 50.5 Å². The number of fused-ring (bicyclic) bond motifs is 3. The molecule has 0 aliphatic heterocycles. The summed E-state index contributed by atoms with van der Waals surface area (Å²) in [6.07, 6.45) is 7.99. The van der Waals surface area contributed by atoms with Crippen LogP contribution in [0.1, 0.15) is 25.8 Å². The molecule has 6 aromatic carbocycles. The maximum atomic E-state index is 6.85. The van der Waals surface area contributed by atoms with Gasteiger partial charge in [0.2, 0.25) is 0 Å². The van der Waals surface area contributed by atoms with Gasteiger partial charge >= 0.3 is 5.96 Å². The molecule has 1 unspecified atom stereocenters. The fourth-order valence-electron chi connectivity index (χ4n) is 6.93. The largest absolute Gasteiger partial charge is 0.448 e. The first-order valence-electron chi connectivity index (χ1n) is 17.2. The van der Waals surface area contributed by atoms with Gasteiger partial charge in [-0.05, 0) is 83.1 Å². The molecular formula is C46H39N4+. The van der Waals surface area contributed by atoms with Crippen LogP contribution in [0.15, 0.2) is 170 Å². The van der Waals surface area contributed by atoms with Gasteiger partial charge in [0.1, 0.15) is 11.4 Å². The van der Waals surface area contributed by atoms with Crippen LogP contribution in [0.5, 0.6) is 0 Å². The highest BCUT2D eigenvalue weighted by Crippen LogP contribution is 2.37. The predicted molar refractivity (Wildman–Crippen MR) is 214 cm³/mol. The zero-order valence-electron chi connectivity index (χ0n) is 28.4. The molecule has 0 fully saturated rings. The number of allylic oxidation sites excluding steroid dienone is 4. The second-order valence-electron chi connectivity index (χ2n) is 13.0. The van der Waals surface area contributed by atoms with Crippen molar-refractivity contribution in [3.05, 3.63) is 175 Å². The molecule has 1 aliphatic carbocycles.